The average molecular weight is 315 g/mol. The molecule has 0 N–H and O–H groups in total. The third kappa shape index (κ3) is 2.77. The SMILES string of the molecule is Cc1cnc([C@H]2CCCN(S(=O)(=O)N3CCCC3)C2)s1. The third-order valence-electron chi connectivity index (χ3n) is 4.09. The average Bonchev–Trinajstić information content (AvgIpc) is 3.10. The third-order valence-corrected chi connectivity index (χ3v) is 7.17. The summed E-state index contributed by atoms with van der Waals surface area (Å²) in [5.74, 6) is 0.264. The van der Waals surface area contributed by atoms with Crippen LogP contribution in [0.4, 0.5) is 0 Å². The van der Waals surface area contributed by atoms with Crippen LogP contribution in [0.3, 0.4) is 0 Å². The zero-order valence-corrected chi connectivity index (χ0v) is 13.4. The highest BCUT2D eigenvalue weighted by Gasteiger charge is 2.35. The maximum absolute atomic E-state index is 12.6. The Hall–Kier alpha value is -0.500. The number of hydrogen-bond donors (Lipinski definition) is 0. The van der Waals surface area contributed by atoms with Gasteiger partial charge in [0.2, 0.25) is 0 Å². The van der Waals surface area contributed by atoms with E-state index in [2.05, 4.69) is 4.98 Å². The fourth-order valence-electron chi connectivity index (χ4n) is 3.00. The Labute approximate surface area is 124 Å². The second-order valence-corrected chi connectivity index (χ2v) is 8.82. The molecule has 3 rings (SSSR count). The summed E-state index contributed by atoms with van der Waals surface area (Å²) in [5.41, 5.74) is 0. The Balaban J connectivity index is 1.74. The van der Waals surface area contributed by atoms with Crippen molar-refractivity contribution in [1.82, 2.24) is 13.6 Å². The summed E-state index contributed by atoms with van der Waals surface area (Å²) in [6.07, 6.45) is 5.83. The van der Waals surface area contributed by atoms with Gasteiger partial charge in [-0.15, -0.1) is 11.3 Å². The van der Waals surface area contributed by atoms with Gasteiger partial charge < -0.3 is 0 Å². The van der Waals surface area contributed by atoms with Gasteiger partial charge in [0.25, 0.3) is 10.2 Å². The van der Waals surface area contributed by atoms with Gasteiger partial charge in [0.05, 0.1) is 5.01 Å². The van der Waals surface area contributed by atoms with E-state index in [9.17, 15) is 8.42 Å². The van der Waals surface area contributed by atoms with Crippen molar-refractivity contribution in [2.24, 2.45) is 0 Å². The molecule has 2 fully saturated rings. The van der Waals surface area contributed by atoms with Gasteiger partial charge in [0, 0.05) is 43.2 Å². The van der Waals surface area contributed by atoms with Crippen molar-refractivity contribution in [3.8, 4) is 0 Å². The molecule has 20 heavy (non-hydrogen) atoms. The van der Waals surface area contributed by atoms with Crippen molar-refractivity contribution in [1.29, 1.82) is 0 Å². The molecule has 0 aliphatic carbocycles. The first-order valence-corrected chi connectivity index (χ1v) is 9.46. The van der Waals surface area contributed by atoms with Gasteiger partial charge in [0.15, 0.2) is 0 Å². The Morgan fingerprint density at radius 1 is 1.20 bits per heavy atom. The highest BCUT2D eigenvalue weighted by molar-refractivity contribution is 7.86. The summed E-state index contributed by atoms with van der Waals surface area (Å²) in [5, 5.41) is 1.09. The first kappa shape index (κ1) is 14.4. The van der Waals surface area contributed by atoms with Crippen molar-refractivity contribution in [3.63, 3.8) is 0 Å². The van der Waals surface area contributed by atoms with Gasteiger partial charge in [0.1, 0.15) is 0 Å². The molecular formula is C13H21N3O2S2. The molecule has 3 heterocycles. The van der Waals surface area contributed by atoms with Gasteiger partial charge >= 0.3 is 0 Å². The molecule has 1 aromatic rings. The Morgan fingerprint density at radius 2 is 1.90 bits per heavy atom. The molecule has 0 spiro atoms. The molecule has 1 atom stereocenters. The fraction of sp³-hybridized carbons (Fsp3) is 0.769. The van der Waals surface area contributed by atoms with E-state index in [1.165, 1.54) is 4.88 Å². The van der Waals surface area contributed by atoms with Crippen molar-refractivity contribution in [2.45, 2.75) is 38.5 Å². The van der Waals surface area contributed by atoms with E-state index < -0.39 is 10.2 Å². The monoisotopic (exact) mass is 315 g/mol. The zero-order valence-electron chi connectivity index (χ0n) is 11.8. The van der Waals surface area contributed by atoms with Crippen LogP contribution < -0.4 is 0 Å². The quantitative estimate of drug-likeness (QED) is 0.857. The largest absolute Gasteiger partial charge is 0.281 e. The lowest BCUT2D eigenvalue weighted by Gasteiger charge is -2.33. The van der Waals surface area contributed by atoms with Crippen LogP contribution in [-0.2, 0) is 10.2 Å². The van der Waals surface area contributed by atoms with Crippen LogP contribution in [0.25, 0.3) is 0 Å². The number of aromatic nitrogens is 1. The molecule has 112 valence electrons. The Morgan fingerprint density at radius 3 is 2.55 bits per heavy atom. The highest BCUT2D eigenvalue weighted by atomic mass is 32.2. The number of aryl methyl sites for hydroxylation is 1. The molecule has 2 aliphatic heterocycles. The fourth-order valence-corrected chi connectivity index (χ4v) is 5.67. The number of piperidine rings is 1. The Kier molecular flexibility index (Phi) is 4.12. The molecule has 0 aromatic carbocycles. The van der Waals surface area contributed by atoms with Gasteiger partial charge in [-0.3, -0.25) is 0 Å². The molecule has 7 heteroatoms. The van der Waals surface area contributed by atoms with Crippen molar-refractivity contribution in [2.75, 3.05) is 26.2 Å². The van der Waals surface area contributed by atoms with Gasteiger partial charge in [-0.05, 0) is 32.6 Å². The van der Waals surface area contributed by atoms with Crippen LogP contribution in [0.2, 0.25) is 0 Å². The summed E-state index contributed by atoms with van der Waals surface area (Å²) in [7, 11) is -3.25. The van der Waals surface area contributed by atoms with Crippen LogP contribution in [0, 0.1) is 6.92 Å². The van der Waals surface area contributed by atoms with Gasteiger partial charge in [-0.1, -0.05) is 0 Å². The summed E-state index contributed by atoms with van der Waals surface area (Å²) in [4.78, 5) is 5.63. The number of thiazole rings is 1. The first-order chi connectivity index (χ1) is 9.57. The lowest BCUT2D eigenvalue weighted by atomic mass is 10.0. The van der Waals surface area contributed by atoms with Crippen LogP contribution in [-0.4, -0.2) is 48.2 Å². The number of hydrogen-bond acceptors (Lipinski definition) is 4. The maximum Gasteiger partial charge on any atom is 0.281 e. The second-order valence-electron chi connectivity index (χ2n) is 5.62. The van der Waals surface area contributed by atoms with E-state index in [4.69, 9.17) is 0 Å². The van der Waals surface area contributed by atoms with Crippen LogP contribution >= 0.6 is 11.3 Å². The second kappa shape index (κ2) is 5.71. The Bertz CT molecular complexity index is 564. The van der Waals surface area contributed by atoms with Crippen molar-refractivity contribution in [3.05, 3.63) is 16.1 Å². The van der Waals surface area contributed by atoms with Crippen molar-refractivity contribution >= 4 is 21.5 Å². The van der Waals surface area contributed by atoms with E-state index in [0.29, 0.717) is 26.2 Å². The lowest BCUT2D eigenvalue weighted by Crippen LogP contribution is -2.46. The standard InChI is InChI=1S/C13H21N3O2S2/c1-11-9-14-13(19-11)12-5-4-8-16(10-12)20(17,18)15-6-2-3-7-15/h9,12H,2-8,10H2,1H3/t12-/m0/s1. The van der Waals surface area contributed by atoms with E-state index in [0.717, 1.165) is 30.7 Å². The molecule has 2 saturated heterocycles. The topological polar surface area (TPSA) is 53.5 Å². The minimum Gasteiger partial charge on any atom is -0.249 e. The van der Waals surface area contributed by atoms with E-state index >= 15 is 0 Å². The lowest BCUT2D eigenvalue weighted by molar-refractivity contribution is 0.292. The molecule has 0 amide bonds. The molecule has 0 radical (unpaired) electrons. The zero-order chi connectivity index (χ0) is 14.2. The molecule has 2 aliphatic rings. The van der Waals surface area contributed by atoms with Gasteiger partial charge in [-0.2, -0.15) is 17.0 Å². The maximum atomic E-state index is 12.6. The van der Waals surface area contributed by atoms with E-state index in [1.807, 2.05) is 13.1 Å². The van der Waals surface area contributed by atoms with Crippen LogP contribution in [0.15, 0.2) is 6.20 Å². The van der Waals surface area contributed by atoms with Crippen LogP contribution in [0.1, 0.15) is 41.5 Å². The molecule has 0 saturated carbocycles. The highest BCUT2D eigenvalue weighted by Crippen LogP contribution is 2.32. The minimum absolute atomic E-state index is 0.264. The molecule has 0 unspecified atom stereocenters. The molecule has 5 nitrogen and oxygen atoms in total. The minimum atomic E-state index is -3.25. The van der Waals surface area contributed by atoms with E-state index in [-0.39, 0.29) is 5.92 Å². The summed E-state index contributed by atoms with van der Waals surface area (Å²) < 4.78 is 28.5. The summed E-state index contributed by atoms with van der Waals surface area (Å²) in [6.45, 7) is 4.65. The predicted molar refractivity (Wildman–Crippen MR) is 80.1 cm³/mol. The molecule has 0 bridgehead atoms. The van der Waals surface area contributed by atoms with Crippen molar-refractivity contribution < 1.29 is 8.42 Å². The first-order valence-electron chi connectivity index (χ1n) is 7.25. The summed E-state index contributed by atoms with van der Waals surface area (Å²) in [6, 6.07) is 0. The predicted octanol–water partition coefficient (Wildman–Crippen LogP) is 1.97. The number of nitrogens with zero attached hydrogens (tertiary/aromatic N) is 3. The van der Waals surface area contributed by atoms with E-state index in [1.54, 1.807) is 19.9 Å². The molecular weight excluding hydrogens is 294 g/mol. The summed E-state index contributed by atoms with van der Waals surface area (Å²) >= 11 is 1.69. The number of rotatable bonds is 3. The van der Waals surface area contributed by atoms with Gasteiger partial charge in [-0.25, -0.2) is 4.98 Å². The smallest absolute Gasteiger partial charge is 0.249 e. The normalized spacial score (nSPS) is 26.1. The van der Waals surface area contributed by atoms with Crippen LogP contribution in [0.5, 0.6) is 0 Å². The molecule has 1 aromatic heterocycles.